The summed E-state index contributed by atoms with van der Waals surface area (Å²) >= 11 is 0. The highest BCUT2D eigenvalue weighted by atomic mass is 19.1. The first-order valence-electron chi connectivity index (χ1n) is 9.75. The lowest BCUT2D eigenvalue weighted by Crippen LogP contribution is -2.54. The highest BCUT2D eigenvalue weighted by Crippen LogP contribution is 2.39. The van der Waals surface area contributed by atoms with Crippen molar-refractivity contribution in [2.75, 3.05) is 39.9 Å². The quantitative estimate of drug-likeness (QED) is 0.728. The van der Waals surface area contributed by atoms with E-state index in [1.165, 1.54) is 12.5 Å². The Morgan fingerprint density at radius 2 is 2.12 bits per heavy atom. The Bertz CT molecular complexity index is 636. The largest absolute Gasteiger partial charge is 0.385 e. The van der Waals surface area contributed by atoms with Crippen LogP contribution in [0.5, 0.6) is 0 Å². The second kappa shape index (κ2) is 8.49. The summed E-state index contributed by atoms with van der Waals surface area (Å²) in [4.78, 5) is 16.8. The summed E-state index contributed by atoms with van der Waals surface area (Å²) in [6.07, 6.45) is 4.85. The lowest BCUT2D eigenvalue weighted by molar-refractivity contribution is -0.139. The summed E-state index contributed by atoms with van der Waals surface area (Å²) in [6, 6.07) is 5.06. The van der Waals surface area contributed by atoms with Gasteiger partial charge in [0.25, 0.3) is 0 Å². The summed E-state index contributed by atoms with van der Waals surface area (Å²) in [5, 5.41) is 0. The molecule has 0 radical (unpaired) electrons. The summed E-state index contributed by atoms with van der Waals surface area (Å²) in [6.45, 7) is 7.23. The first-order valence-corrected chi connectivity index (χ1v) is 9.75. The third-order valence-electron chi connectivity index (χ3n) is 5.97. The molecule has 0 N–H and O–H groups in total. The third-order valence-corrected chi connectivity index (χ3v) is 5.97. The average molecular weight is 362 g/mol. The SMILES string of the molecule is COCCCN1C[C@@]2(CCCN(Cc3cc(F)ccc3C)C2)CCC1=O. The van der Waals surface area contributed by atoms with Gasteiger partial charge in [0, 0.05) is 51.7 Å². The van der Waals surface area contributed by atoms with Gasteiger partial charge in [0.05, 0.1) is 0 Å². The molecule has 1 spiro atoms. The van der Waals surface area contributed by atoms with Crippen molar-refractivity contribution in [1.82, 2.24) is 9.80 Å². The van der Waals surface area contributed by atoms with Gasteiger partial charge in [0.1, 0.15) is 5.82 Å². The van der Waals surface area contributed by atoms with Gasteiger partial charge in [0.15, 0.2) is 0 Å². The van der Waals surface area contributed by atoms with E-state index in [0.29, 0.717) is 13.0 Å². The van der Waals surface area contributed by atoms with Crippen molar-refractivity contribution in [3.63, 3.8) is 0 Å². The number of ether oxygens (including phenoxy) is 1. The van der Waals surface area contributed by atoms with Crippen molar-refractivity contribution < 1.29 is 13.9 Å². The molecule has 0 aromatic heterocycles. The monoisotopic (exact) mass is 362 g/mol. The molecule has 2 aliphatic rings. The van der Waals surface area contributed by atoms with Crippen LogP contribution in [0.25, 0.3) is 0 Å². The first kappa shape index (κ1) is 19.3. The Balaban J connectivity index is 1.64. The van der Waals surface area contributed by atoms with Crippen LogP contribution in [-0.2, 0) is 16.1 Å². The van der Waals surface area contributed by atoms with Crippen LogP contribution in [-0.4, -0.2) is 55.6 Å². The molecule has 2 heterocycles. The maximum absolute atomic E-state index is 13.6. The average Bonchev–Trinajstić information content (AvgIpc) is 2.62. The smallest absolute Gasteiger partial charge is 0.222 e. The van der Waals surface area contributed by atoms with Crippen molar-refractivity contribution >= 4 is 5.91 Å². The second-order valence-electron chi connectivity index (χ2n) is 8.05. The minimum Gasteiger partial charge on any atom is -0.385 e. The van der Waals surface area contributed by atoms with Gasteiger partial charge in [-0.1, -0.05) is 6.07 Å². The number of benzene rings is 1. The van der Waals surface area contributed by atoms with Crippen molar-refractivity contribution in [3.05, 3.63) is 35.1 Å². The number of aryl methyl sites for hydroxylation is 1. The molecule has 0 bridgehead atoms. The minimum absolute atomic E-state index is 0.162. The maximum Gasteiger partial charge on any atom is 0.222 e. The van der Waals surface area contributed by atoms with E-state index in [4.69, 9.17) is 4.74 Å². The zero-order chi connectivity index (χ0) is 18.6. The van der Waals surface area contributed by atoms with E-state index in [1.807, 2.05) is 17.9 Å². The number of methoxy groups -OCH3 is 1. The predicted octanol–water partition coefficient (Wildman–Crippen LogP) is 3.38. The maximum atomic E-state index is 13.6. The van der Waals surface area contributed by atoms with Crippen molar-refractivity contribution in [3.8, 4) is 0 Å². The van der Waals surface area contributed by atoms with Gasteiger partial charge in [-0.15, -0.1) is 0 Å². The van der Waals surface area contributed by atoms with E-state index in [9.17, 15) is 9.18 Å². The molecule has 2 aliphatic heterocycles. The Labute approximate surface area is 156 Å². The molecule has 0 unspecified atom stereocenters. The van der Waals surface area contributed by atoms with Gasteiger partial charge in [-0.2, -0.15) is 0 Å². The van der Waals surface area contributed by atoms with Crippen LogP contribution in [0.4, 0.5) is 4.39 Å². The number of carbonyl (C=O) groups excluding carboxylic acids is 1. The van der Waals surface area contributed by atoms with Gasteiger partial charge < -0.3 is 9.64 Å². The summed E-state index contributed by atoms with van der Waals surface area (Å²) in [5.74, 6) is 0.120. The lowest BCUT2D eigenvalue weighted by atomic mass is 9.73. The van der Waals surface area contributed by atoms with E-state index < -0.39 is 0 Å². The molecule has 1 amide bonds. The molecule has 2 saturated heterocycles. The summed E-state index contributed by atoms with van der Waals surface area (Å²) < 4.78 is 18.8. The Morgan fingerprint density at radius 3 is 2.92 bits per heavy atom. The standard InChI is InChI=1S/C21H31FN2O2/c1-17-5-6-19(22)13-18(17)14-23-10-3-8-21(15-23)9-7-20(25)24(16-21)11-4-12-26-2/h5-6,13H,3-4,7-12,14-16H2,1-2H3/t21-/m0/s1. The molecule has 26 heavy (non-hydrogen) atoms. The van der Waals surface area contributed by atoms with Crippen LogP contribution >= 0.6 is 0 Å². The van der Waals surface area contributed by atoms with Gasteiger partial charge in [-0.05, 0) is 62.4 Å². The van der Waals surface area contributed by atoms with E-state index in [2.05, 4.69) is 4.90 Å². The summed E-state index contributed by atoms with van der Waals surface area (Å²) in [5.41, 5.74) is 2.41. The molecule has 3 rings (SSSR count). The van der Waals surface area contributed by atoms with Gasteiger partial charge in [-0.3, -0.25) is 9.69 Å². The predicted molar refractivity (Wildman–Crippen MR) is 100 cm³/mol. The third kappa shape index (κ3) is 4.63. The molecule has 1 atom stereocenters. The molecule has 1 aromatic rings. The fourth-order valence-corrected chi connectivity index (χ4v) is 4.54. The number of hydrogen-bond acceptors (Lipinski definition) is 3. The molecule has 144 valence electrons. The van der Waals surface area contributed by atoms with Crippen LogP contribution in [0.1, 0.15) is 43.2 Å². The molecular weight excluding hydrogens is 331 g/mol. The first-order chi connectivity index (χ1) is 12.5. The molecule has 0 saturated carbocycles. The van der Waals surface area contributed by atoms with E-state index >= 15 is 0 Å². The Morgan fingerprint density at radius 1 is 1.27 bits per heavy atom. The van der Waals surface area contributed by atoms with Gasteiger partial charge in [-0.25, -0.2) is 4.39 Å². The molecule has 1 aromatic carbocycles. The fraction of sp³-hybridized carbons (Fsp3) is 0.667. The highest BCUT2D eigenvalue weighted by molar-refractivity contribution is 5.77. The van der Waals surface area contributed by atoms with Crippen LogP contribution in [0, 0.1) is 18.2 Å². The van der Waals surface area contributed by atoms with Crippen LogP contribution < -0.4 is 0 Å². The highest BCUT2D eigenvalue weighted by Gasteiger charge is 2.41. The zero-order valence-electron chi connectivity index (χ0n) is 16.1. The minimum atomic E-state index is -0.162. The molecule has 0 aliphatic carbocycles. The van der Waals surface area contributed by atoms with E-state index in [0.717, 1.165) is 63.1 Å². The molecule has 4 nitrogen and oxygen atoms in total. The topological polar surface area (TPSA) is 32.8 Å². The molecule has 5 heteroatoms. The number of piperidine rings is 2. The summed E-state index contributed by atoms with van der Waals surface area (Å²) in [7, 11) is 1.70. The van der Waals surface area contributed by atoms with Crippen molar-refractivity contribution in [2.45, 2.75) is 45.6 Å². The van der Waals surface area contributed by atoms with Gasteiger partial charge >= 0.3 is 0 Å². The van der Waals surface area contributed by atoms with Crippen molar-refractivity contribution in [1.29, 1.82) is 0 Å². The van der Waals surface area contributed by atoms with Crippen molar-refractivity contribution in [2.24, 2.45) is 5.41 Å². The lowest BCUT2D eigenvalue weighted by Gasteiger charge is -2.48. The number of hydrogen-bond donors (Lipinski definition) is 0. The zero-order valence-corrected chi connectivity index (χ0v) is 16.1. The van der Waals surface area contributed by atoms with Gasteiger partial charge in [0.2, 0.25) is 5.91 Å². The van der Waals surface area contributed by atoms with Crippen LogP contribution in [0.15, 0.2) is 18.2 Å². The normalized spacial score (nSPS) is 24.4. The number of amides is 1. The molecule has 2 fully saturated rings. The van der Waals surface area contributed by atoms with E-state index in [-0.39, 0.29) is 17.1 Å². The number of likely N-dealkylation sites (tertiary alicyclic amines) is 2. The molecular formula is C21H31FN2O2. The second-order valence-corrected chi connectivity index (χ2v) is 8.05. The number of carbonyl (C=O) groups is 1. The van der Waals surface area contributed by atoms with Crippen LogP contribution in [0.2, 0.25) is 0 Å². The van der Waals surface area contributed by atoms with E-state index in [1.54, 1.807) is 13.2 Å². The Kier molecular flexibility index (Phi) is 6.30. The fourth-order valence-electron chi connectivity index (χ4n) is 4.54. The van der Waals surface area contributed by atoms with Crippen LogP contribution in [0.3, 0.4) is 0 Å². The number of halogens is 1. The number of nitrogens with zero attached hydrogens (tertiary/aromatic N) is 2. The Hall–Kier alpha value is -1.46. The number of rotatable bonds is 6.